The number of Topliss-reactive ketones (excluding diaryl/α,β-unsaturated/α-hetero) is 1. The van der Waals surface area contributed by atoms with Crippen LogP contribution < -0.4 is 9.64 Å². The Kier molecular flexibility index (Phi) is 7.91. The van der Waals surface area contributed by atoms with Gasteiger partial charge in [-0.25, -0.2) is 0 Å². The highest BCUT2D eigenvalue weighted by atomic mass is 16.5. The number of hydrogen-bond donors (Lipinski definition) is 1. The molecule has 1 fully saturated rings. The molecule has 1 amide bonds. The lowest BCUT2D eigenvalue weighted by Gasteiger charge is -2.27. The van der Waals surface area contributed by atoms with Crippen LogP contribution in [0.15, 0.2) is 66.2 Å². The molecule has 6 nitrogen and oxygen atoms in total. The van der Waals surface area contributed by atoms with Crippen molar-refractivity contribution in [2.45, 2.75) is 47.2 Å². The minimum Gasteiger partial charge on any atom is -0.507 e. The zero-order valence-electron chi connectivity index (χ0n) is 23.0. The van der Waals surface area contributed by atoms with Crippen LogP contribution in [0.5, 0.6) is 5.75 Å². The van der Waals surface area contributed by atoms with E-state index < -0.39 is 17.7 Å². The van der Waals surface area contributed by atoms with Crippen LogP contribution in [-0.4, -0.2) is 41.9 Å². The third kappa shape index (κ3) is 5.03. The first kappa shape index (κ1) is 27.0. The van der Waals surface area contributed by atoms with E-state index in [1.807, 2.05) is 69.3 Å². The Morgan fingerprint density at radius 2 is 1.55 bits per heavy atom. The maximum atomic E-state index is 13.6. The summed E-state index contributed by atoms with van der Waals surface area (Å²) in [5.41, 5.74) is 6.26. The second-order valence-corrected chi connectivity index (χ2v) is 9.82. The summed E-state index contributed by atoms with van der Waals surface area (Å²) in [6, 6.07) is 18.6. The van der Waals surface area contributed by atoms with E-state index >= 15 is 0 Å². The lowest BCUT2D eigenvalue weighted by atomic mass is 9.94. The second-order valence-electron chi connectivity index (χ2n) is 9.82. The van der Waals surface area contributed by atoms with Gasteiger partial charge in [0.15, 0.2) is 0 Å². The fourth-order valence-electron chi connectivity index (χ4n) is 5.15. The Morgan fingerprint density at radius 1 is 0.921 bits per heavy atom. The van der Waals surface area contributed by atoms with Crippen LogP contribution in [0.3, 0.4) is 0 Å². The van der Waals surface area contributed by atoms with Gasteiger partial charge in [0.2, 0.25) is 0 Å². The number of aryl methyl sites for hydroxylation is 3. The van der Waals surface area contributed by atoms with Crippen molar-refractivity contribution in [1.82, 2.24) is 4.90 Å². The number of amides is 1. The zero-order chi connectivity index (χ0) is 27.6. The van der Waals surface area contributed by atoms with E-state index in [-0.39, 0.29) is 17.9 Å². The minimum absolute atomic E-state index is 0.0693. The van der Waals surface area contributed by atoms with Crippen molar-refractivity contribution in [1.29, 1.82) is 0 Å². The molecule has 38 heavy (non-hydrogen) atoms. The molecule has 1 atom stereocenters. The molecule has 1 heterocycles. The molecule has 198 valence electrons. The Balaban J connectivity index is 1.90. The van der Waals surface area contributed by atoms with E-state index in [0.29, 0.717) is 11.3 Å². The number of carbonyl (C=O) groups excluding carboxylic acids is 2. The lowest BCUT2D eigenvalue weighted by molar-refractivity contribution is -0.140. The number of rotatable bonds is 8. The van der Waals surface area contributed by atoms with E-state index in [9.17, 15) is 14.7 Å². The van der Waals surface area contributed by atoms with Gasteiger partial charge >= 0.3 is 0 Å². The maximum Gasteiger partial charge on any atom is 0.295 e. The van der Waals surface area contributed by atoms with E-state index in [1.165, 1.54) is 7.11 Å². The van der Waals surface area contributed by atoms with Crippen LogP contribution in [0.1, 0.15) is 53.3 Å². The van der Waals surface area contributed by atoms with Crippen molar-refractivity contribution >= 4 is 23.1 Å². The van der Waals surface area contributed by atoms with Crippen molar-refractivity contribution in [3.8, 4) is 5.75 Å². The third-order valence-corrected chi connectivity index (χ3v) is 7.33. The number of aliphatic hydroxyl groups is 1. The first-order chi connectivity index (χ1) is 18.2. The van der Waals surface area contributed by atoms with Gasteiger partial charge in [-0.1, -0.05) is 47.5 Å². The van der Waals surface area contributed by atoms with Crippen molar-refractivity contribution in [2.75, 3.05) is 25.1 Å². The Morgan fingerprint density at radius 3 is 2.18 bits per heavy atom. The van der Waals surface area contributed by atoms with Gasteiger partial charge < -0.3 is 19.6 Å². The average molecular weight is 513 g/mol. The van der Waals surface area contributed by atoms with Gasteiger partial charge in [-0.2, -0.15) is 0 Å². The first-order valence-corrected chi connectivity index (χ1v) is 13.0. The Hall–Kier alpha value is -4.06. The molecule has 1 unspecified atom stereocenters. The number of anilines is 1. The summed E-state index contributed by atoms with van der Waals surface area (Å²) in [5.74, 6) is -1.12. The summed E-state index contributed by atoms with van der Waals surface area (Å²) in [7, 11) is 1.52. The Bertz CT molecular complexity index is 1390. The monoisotopic (exact) mass is 512 g/mol. The van der Waals surface area contributed by atoms with E-state index in [2.05, 4.69) is 18.7 Å². The number of ketones is 1. The SMILES string of the molecule is CCN(CC)c1ccc(C2/C(=C(\O)c3cc(C)ccc3OC)C(=O)C(=O)N2Cc2cc(C)ccc2C)cc1. The third-order valence-electron chi connectivity index (χ3n) is 7.33. The molecular weight excluding hydrogens is 476 g/mol. The highest BCUT2D eigenvalue weighted by Crippen LogP contribution is 2.42. The number of hydrogen-bond acceptors (Lipinski definition) is 5. The summed E-state index contributed by atoms with van der Waals surface area (Å²) in [4.78, 5) is 30.9. The highest BCUT2D eigenvalue weighted by Gasteiger charge is 2.46. The fourth-order valence-corrected chi connectivity index (χ4v) is 5.15. The van der Waals surface area contributed by atoms with Crippen LogP contribution in [0.2, 0.25) is 0 Å². The lowest BCUT2D eigenvalue weighted by Crippen LogP contribution is -2.29. The van der Waals surface area contributed by atoms with Crippen molar-refractivity contribution < 1.29 is 19.4 Å². The smallest absolute Gasteiger partial charge is 0.295 e. The molecule has 0 aliphatic carbocycles. The number of nitrogens with zero attached hydrogens (tertiary/aromatic N) is 2. The summed E-state index contributed by atoms with van der Waals surface area (Å²) in [6.45, 7) is 12.1. The molecule has 0 bridgehead atoms. The zero-order valence-corrected chi connectivity index (χ0v) is 23.0. The van der Waals surface area contributed by atoms with Crippen LogP contribution in [0.4, 0.5) is 5.69 Å². The topological polar surface area (TPSA) is 70.1 Å². The normalized spacial score (nSPS) is 16.7. The number of aliphatic hydroxyl groups excluding tert-OH is 1. The summed E-state index contributed by atoms with van der Waals surface area (Å²) < 4.78 is 5.49. The molecule has 0 spiro atoms. The number of ether oxygens (including phenoxy) is 1. The first-order valence-electron chi connectivity index (χ1n) is 13.0. The molecule has 1 N–H and O–H groups in total. The second kappa shape index (κ2) is 11.1. The van der Waals surface area contributed by atoms with Crippen molar-refractivity contribution in [3.05, 3.63) is 99.6 Å². The average Bonchev–Trinajstić information content (AvgIpc) is 3.16. The maximum absolute atomic E-state index is 13.6. The molecule has 1 aliphatic heterocycles. The highest BCUT2D eigenvalue weighted by molar-refractivity contribution is 6.46. The van der Waals surface area contributed by atoms with E-state index in [4.69, 9.17) is 4.74 Å². The van der Waals surface area contributed by atoms with Gasteiger partial charge in [-0.15, -0.1) is 0 Å². The molecule has 1 aliphatic rings. The largest absolute Gasteiger partial charge is 0.507 e. The summed E-state index contributed by atoms with van der Waals surface area (Å²) >= 11 is 0. The molecule has 0 aromatic heterocycles. The Labute approximate surface area is 225 Å². The molecule has 3 aromatic rings. The number of carbonyl (C=O) groups is 2. The van der Waals surface area contributed by atoms with Gasteiger partial charge in [0.05, 0.1) is 24.3 Å². The van der Waals surface area contributed by atoms with Crippen LogP contribution in [0, 0.1) is 20.8 Å². The standard InChI is InChI=1S/C32H36N2O4/c1-7-33(8-2)25-14-12-23(13-15-25)29-28(30(35)26-18-21(4)10-16-27(26)38-6)31(36)32(37)34(29)19-24-17-20(3)9-11-22(24)5/h9-18,29,35H,7-8,19H2,1-6H3/b30-28+. The number of benzene rings is 3. The van der Waals surface area contributed by atoms with Gasteiger partial charge in [-0.05, 0) is 75.6 Å². The minimum atomic E-state index is -0.745. The van der Waals surface area contributed by atoms with Crippen LogP contribution in [0.25, 0.3) is 5.76 Å². The summed E-state index contributed by atoms with van der Waals surface area (Å²) in [6.07, 6.45) is 0. The molecular formula is C32H36N2O4. The van der Waals surface area contributed by atoms with Gasteiger partial charge in [0.25, 0.3) is 11.7 Å². The predicted octanol–water partition coefficient (Wildman–Crippen LogP) is 6.09. The van der Waals surface area contributed by atoms with Gasteiger partial charge in [0, 0.05) is 25.3 Å². The molecule has 3 aromatic carbocycles. The molecule has 0 saturated carbocycles. The molecule has 4 rings (SSSR count). The summed E-state index contributed by atoms with van der Waals surface area (Å²) in [5, 5.41) is 11.6. The van der Waals surface area contributed by atoms with Gasteiger partial charge in [0.1, 0.15) is 11.5 Å². The molecule has 0 radical (unpaired) electrons. The number of likely N-dealkylation sites (tertiary alicyclic amines) is 1. The van der Waals surface area contributed by atoms with Crippen LogP contribution in [-0.2, 0) is 16.1 Å². The predicted molar refractivity (Wildman–Crippen MR) is 151 cm³/mol. The molecule has 1 saturated heterocycles. The van der Waals surface area contributed by atoms with Gasteiger partial charge in [-0.3, -0.25) is 9.59 Å². The fraction of sp³-hybridized carbons (Fsp3) is 0.312. The van der Waals surface area contributed by atoms with Crippen LogP contribution >= 0.6 is 0 Å². The molecule has 6 heteroatoms. The van der Waals surface area contributed by atoms with Crippen molar-refractivity contribution in [2.24, 2.45) is 0 Å². The quantitative estimate of drug-likeness (QED) is 0.225. The van der Waals surface area contributed by atoms with Crippen molar-refractivity contribution in [3.63, 3.8) is 0 Å². The van der Waals surface area contributed by atoms with E-state index in [1.54, 1.807) is 17.0 Å². The number of methoxy groups -OCH3 is 1. The van der Waals surface area contributed by atoms with E-state index in [0.717, 1.165) is 46.6 Å².